The number of carboxylic acids is 1. The van der Waals surface area contributed by atoms with E-state index in [2.05, 4.69) is 21.2 Å². The van der Waals surface area contributed by atoms with Crippen LogP contribution in [0.2, 0.25) is 0 Å². The first-order valence-electron chi connectivity index (χ1n) is 5.76. The fourth-order valence-corrected chi connectivity index (χ4v) is 1.81. The van der Waals surface area contributed by atoms with E-state index in [4.69, 9.17) is 9.84 Å². The molecule has 0 atom stereocenters. The normalized spacial score (nSPS) is 9.95. The van der Waals surface area contributed by atoms with Crippen LogP contribution in [0.1, 0.15) is 10.4 Å². The van der Waals surface area contributed by atoms with Gasteiger partial charge in [0.1, 0.15) is 17.1 Å². The molecule has 0 aliphatic heterocycles. The molecule has 3 N–H and O–H groups in total. The summed E-state index contributed by atoms with van der Waals surface area (Å²) in [6, 6.07) is 10.3. The standard InChI is InChI=1S/C14H10BrNO5/c15-8-1-4-10(5-2-8)21-14(20)16-9-3-6-11(13(18)19)12(17)7-9/h1-7,17H,(H,16,20)(H,18,19). The molecule has 1 amide bonds. The second-order valence-electron chi connectivity index (χ2n) is 4.01. The maximum Gasteiger partial charge on any atom is 0.417 e. The molecule has 0 aromatic heterocycles. The zero-order valence-electron chi connectivity index (χ0n) is 10.5. The molecule has 2 aromatic carbocycles. The number of benzene rings is 2. The highest BCUT2D eigenvalue weighted by atomic mass is 79.9. The van der Waals surface area contributed by atoms with E-state index in [0.29, 0.717) is 5.75 Å². The second-order valence-corrected chi connectivity index (χ2v) is 4.92. The van der Waals surface area contributed by atoms with Crippen molar-refractivity contribution >= 4 is 33.7 Å². The Bertz CT molecular complexity index is 684. The van der Waals surface area contributed by atoms with Crippen molar-refractivity contribution in [1.82, 2.24) is 0 Å². The minimum Gasteiger partial charge on any atom is -0.507 e. The van der Waals surface area contributed by atoms with Gasteiger partial charge in [0.15, 0.2) is 0 Å². The Morgan fingerprint density at radius 2 is 1.76 bits per heavy atom. The van der Waals surface area contributed by atoms with Crippen LogP contribution in [0.5, 0.6) is 11.5 Å². The van der Waals surface area contributed by atoms with E-state index in [1.807, 2.05) is 0 Å². The molecule has 108 valence electrons. The van der Waals surface area contributed by atoms with Gasteiger partial charge < -0.3 is 14.9 Å². The summed E-state index contributed by atoms with van der Waals surface area (Å²) in [7, 11) is 0. The van der Waals surface area contributed by atoms with E-state index in [9.17, 15) is 14.7 Å². The minimum absolute atomic E-state index is 0.222. The van der Waals surface area contributed by atoms with E-state index < -0.39 is 17.8 Å². The fourth-order valence-electron chi connectivity index (χ4n) is 1.54. The van der Waals surface area contributed by atoms with Crippen LogP contribution in [0.4, 0.5) is 10.5 Å². The van der Waals surface area contributed by atoms with Crippen molar-refractivity contribution in [2.24, 2.45) is 0 Å². The first-order chi connectivity index (χ1) is 9.95. The number of hydrogen-bond donors (Lipinski definition) is 3. The quantitative estimate of drug-likeness (QED) is 0.786. The highest BCUT2D eigenvalue weighted by Gasteiger charge is 2.11. The number of phenols is 1. The third-order valence-electron chi connectivity index (χ3n) is 2.50. The molecule has 2 rings (SSSR count). The molecule has 0 aliphatic rings. The van der Waals surface area contributed by atoms with Gasteiger partial charge in [-0.25, -0.2) is 9.59 Å². The summed E-state index contributed by atoms with van der Waals surface area (Å²) < 4.78 is 5.87. The fraction of sp³-hybridized carbons (Fsp3) is 0. The number of carbonyl (C=O) groups is 2. The summed E-state index contributed by atoms with van der Waals surface area (Å²) in [4.78, 5) is 22.4. The van der Waals surface area contributed by atoms with E-state index in [-0.39, 0.29) is 11.3 Å². The van der Waals surface area contributed by atoms with E-state index in [0.717, 1.165) is 10.5 Å². The maximum atomic E-state index is 11.7. The van der Waals surface area contributed by atoms with Crippen LogP contribution in [0.15, 0.2) is 46.9 Å². The number of hydrogen-bond acceptors (Lipinski definition) is 4. The number of rotatable bonds is 3. The number of halogens is 1. The molecule has 21 heavy (non-hydrogen) atoms. The first kappa shape index (κ1) is 14.9. The molecule has 2 aromatic rings. The van der Waals surface area contributed by atoms with Gasteiger partial charge in [-0.3, -0.25) is 5.32 Å². The molecule has 0 fully saturated rings. The van der Waals surface area contributed by atoms with Gasteiger partial charge in [0.25, 0.3) is 0 Å². The number of aromatic carboxylic acids is 1. The molecule has 0 unspecified atom stereocenters. The monoisotopic (exact) mass is 351 g/mol. The highest BCUT2D eigenvalue weighted by Crippen LogP contribution is 2.22. The first-order valence-corrected chi connectivity index (χ1v) is 6.56. The lowest BCUT2D eigenvalue weighted by molar-refractivity contribution is 0.0693. The lowest BCUT2D eigenvalue weighted by atomic mass is 10.2. The zero-order chi connectivity index (χ0) is 15.4. The molecule has 7 heteroatoms. The van der Waals surface area contributed by atoms with Gasteiger partial charge in [0, 0.05) is 16.2 Å². The van der Waals surface area contributed by atoms with E-state index >= 15 is 0 Å². The van der Waals surface area contributed by atoms with Crippen LogP contribution in [0, 0.1) is 0 Å². The smallest absolute Gasteiger partial charge is 0.417 e. The zero-order valence-corrected chi connectivity index (χ0v) is 12.1. The highest BCUT2D eigenvalue weighted by molar-refractivity contribution is 9.10. The van der Waals surface area contributed by atoms with Crippen molar-refractivity contribution in [1.29, 1.82) is 0 Å². The molecule has 0 aliphatic carbocycles. The van der Waals surface area contributed by atoms with Crippen LogP contribution < -0.4 is 10.1 Å². The number of nitrogens with one attached hydrogen (secondary N) is 1. The molecule has 0 radical (unpaired) electrons. The number of anilines is 1. The Morgan fingerprint density at radius 3 is 2.33 bits per heavy atom. The predicted molar refractivity (Wildman–Crippen MR) is 78.9 cm³/mol. The van der Waals surface area contributed by atoms with Gasteiger partial charge in [-0.1, -0.05) is 15.9 Å². The van der Waals surface area contributed by atoms with Gasteiger partial charge in [-0.05, 0) is 36.4 Å². The lowest BCUT2D eigenvalue weighted by Gasteiger charge is -2.08. The van der Waals surface area contributed by atoms with Crippen molar-refractivity contribution in [2.45, 2.75) is 0 Å². The third kappa shape index (κ3) is 3.96. The van der Waals surface area contributed by atoms with Gasteiger partial charge in [0.05, 0.1) is 0 Å². The Hall–Kier alpha value is -2.54. The summed E-state index contributed by atoms with van der Waals surface area (Å²) in [6.07, 6.45) is -0.750. The number of ether oxygens (including phenoxy) is 1. The Kier molecular flexibility index (Phi) is 4.44. The summed E-state index contributed by atoms with van der Waals surface area (Å²) >= 11 is 3.26. The molecule has 0 bridgehead atoms. The molecule has 0 saturated heterocycles. The van der Waals surface area contributed by atoms with Gasteiger partial charge in [-0.15, -0.1) is 0 Å². The maximum absolute atomic E-state index is 11.7. The average Bonchev–Trinajstić information content (AvgIpc) is 2.41. The molecular weight excluding hydrogens is 342 g/mol. The average molecular weight is 352 g/mol. The number of carbonyl (C=O) groups excluding carboxylic acids is 1. The number of amides is 1. The van der Waals surface area contributed by atoms with Crippen molar-refractivity contribution in [3.63, 3.8) is 0 Å². The van der Waals surface area contributed by atoms with Crippen LogP contribution in [0.25, 0.3) is 0 Å². The van der Waals surface area contributed by atoms with E-state index in [1.54, 1.807) is 24.3 Å². The Balaban J connectivity index is 2.04. The Morgan fingerprint density at radius 1 is 1.10 bits per heavy atom. The van der Waals surface area contributed by atoms with Crippen molar-refractivity contribution in [2.75, 3.05) is 5.32 Å². The van der Waals surface area contributed by atoms with E-state index in [1.165, 1.54) is 12.1 Å². The van der Waals surface area contributed by atoms with Crippen molar-refractivity contribution < 1.29 is 24.5 Å². The molecule has 0 saturated carbocycles. The summed E-state index contributed by atoms with van der Waals surface area (Å²) in [5.74, 6) is -1.34. The van der Waals surface area contributed by atoms with Crippen LogP contribution >= 0.6 is 15.9 Å². The lowest BCUT2D eigenvalue weighted by Crippen LogP contribution is -2.16. The predicted octanol–water partition coefficient (Wildman–Crippen LogP) is 3.46. The summed E-state index contributed by atoms with van der Waals surface area (Å²) in [5.41, 5.74) is -0.0264. The third-order valence-corrected chi connectivity index (χ3v) is 3.03. The summed E-state index contributed by atoms with van der Waals surface area (Å²) in [5, 5.41) is 20.7. The minimum atomic E-state index is -1.25. The van der Waals surface area contributed by atoms with Gasteiger partial charge in [0.2, 0.25) is 0 Å². The van der Waals surface area contributed by atoms with Gasteiger partial charge in [-0.2, -0.15) is 0 Å². The van der Waals surface area contributed by atoms with Crippen molar-refractivity contribution in [3.05, 3.63) is 52.5 Å². The molecule has 0 heterocycles. The largest absolute Gasteiger partial charge is 0.507 e. The van der Waals surface area contributed by atoms with Crippen LogP contribution in [0.3, 0.4) is 0 Å². The van der Waals surface area contributed by atoms with Crippen LogP contribution in [-0.4, -0.2) is 22.3 Å². The van der Waals surface area contributed by atoms with Crippen molar-refractivity contribution in [3.8, 4) is 11.5 Å². The SMILES string of the molecule is O=C(Nc1ccc(C(=O)O)c(O)c1)Oc1ccc(Br)cc1. The number of aromatic hydroxyl groups is 1. The Labute approximate surface area is 128 Å². The number of carboxylic acid groups (broad SMARTS) is 1. The van der Waals surface area contributed by atoms with Gasteiger partial charge >= 0.3 is 12.1 Å². The molecular formula is C14H10BrNO5. The topological polar surface area (TPSA) is 95.9 Å². The summed E-state index contributed by atoms with van der Waals surface area (Å²) in [6.45, 7) is 0. The molecule has 0 spiro atoms. The molecule has 6 nitrogen and oxygen atoms in total. The van der Waals surface area contributed by atoms with Crippen LogP contribution in [-0.2, 0) is 0 Å². The second kappa shape index (κ2) is 6.27.